The van der Waals surface area contributed by atoms with Crippen LogP contribution in [0.15, 0.2) is 48.8 Å². The topological polar surface area (TPSA) is 94.8 Å². The summed E-state index contributed by atoms with van der Waals surface area (Å²) in [6.07, 6.45) is 7.21. The molecule has 1 N–H and O–H groups in total. The molecule has 0 aromatic carbocycles. The van der Waals surface area contributed by atoms with Crippen LogP contribution in [0.1, 0.15) is 42.7 Å². The van der Waals surface area contributed by atoms with E-state index in [0.29, 0.717) is 35.4 Å². The van der Waals surface area contributed by atoms with Crippen molar-refractivity contribution < 1.29 is 4.79 Å². The van der Waals surface area contributed by atoms with Gasteiger partial charge >= 0.3 is 0 Å². The number of anilines is 3. The summed E-state index contributed by atoms with van der Waals surface area (Å²) >= 11 is 0. The van der Waals surface area contributed by atoms with Gasteiger partial charge in [-0.2, -0.15) is 5.26 Å². The molecule has 0 spiro atoms. The van der Waals surface area contributed by atoms with E-state index < -0.39 is 0 Å². The third-order valence-corrected chi connectivity index (χ3v) is 5.44. The molecule has 7 heteroatoms. The van der Waals surface area contributed by atoms with Gasteiger partial charge in [-0.05, 0) is 67.1 Å². The molecule has 1 aliphatic carbocycles. The highest BCUT2D eigenvalue weighted by Gasteiger charge is 2.25. The van der Waals surface area contributed by atoms with Crippen molar-refractivity contribution in [1.29, 1.82) is 5.26 Å². The highest BCUT2D eigenvalue weighted by Crippen LogP contribution is 2.42. The van der Waals surface area contributed by atoms with Gasteiger partial charge in [0.15, 0.2) is 0 Å². The molecule has 7 nitrogen and oxygen atoms in total. The SMILES string of the molecule is N#Cc1ccnc(Nc2cc(C3CC3)cc(-c3ccc(N4CCCC4=O)nc3)n2)c1. The van der Waals surface area contributed by atoms with E-state index in [1.165, 1.54) is 18.4 Å². The van der Waals surface area contributed by atoms with Crippen LogP contribution in [0.25, 0.3) is 11.3 Å². The fraction of sp³-hybridized carbons (Fsp3) is 0.261. The molecule has 3 aromatic rings. The molecule has 1 saturated carbocycles. The molecule has 2 aliphatic rings. The zero-order chi connectivity index (χ0) is 20.5. The van der Waals surface area contributed by atoms with E-state index in [2.05, 4.69) is 27.4 Å². The van der Waals surface area contributed by atoms with Crippen LogP contribution in [-0.4, -0.2) is 27.4 Å². The molecule has 5 rings (SSSR count). The Kier molecular flexibility index (Phi) is 4.60. The van der Waals surface area contributed by atoms with E-state index in [1.54, 1.807) is 29.4 Å². The Morgan fingerprint density at radius 1 is 1.10 bits per heavy atom. The van der Waals surface area contributed by atoms with Gasteiger partial charge in [0.2, 0.25) is 5.91 Å². The Bertz CT molecular complexity index is 1150. The molecule has 3 aromatic heterocycles. The molecule has 148 valence electrons. The average molecular weight is 396 g/mol. The number of hydrogen-bond acceptors (Lipinski definition) is 6. The monoisotopic (exact) mass is 396 g/mol. The van der Waals surface area contributed by atoms with Crippen molar-refractivity contribution in [2.75, 3.05) is 16.8 Å². The lowest BCUT2D eigenvalue weighted by molar-refractivity contribution is -0.117. The summed E-state index contributed by atoms with van der Waals surface area (Å²) in [5, 5.41) is 12.3. The van der Waals surface area contributed by atoms with Gasteiger partial charge < -0.3 is 5.32 Å². The van der Waals surface area contributed by atoms with Crippen LogP contribution in [0.3, 0.4) is 0 Å². The third kappa shape index (κ3) is 3.72. The van der Waals surface area contributed by atoms with E-state index in [1.807, 2.05) is 18.2 Å². The number of rotatable bonds is 5. The van der Waals surface area contributed by atoms with Crippen molar-refractivity contribution in [3.05, 3.63) is 59.9 Å². The minimum Gasteiger partial charge on any atom is -0.325 e. The van der Waals surface area contributed by atoms with Gasteiger partial charge in [-0.15, -0.1) is 0 Å². The van der Waals surface area contributed by atoms with Crippen molar-refractivity contribution in [1.82, 2.24) is 15.0 Å². The molecular formula is C23H20N6O. The minimum atomic E-state index is 0.127. The van der Waals surface area contributed by atoms with Gasteiger partial charge in [0.1, 0.15) is 17.5 Å². The molecule has 30 heavy (non-hydrogen) atoms. The fourth-order valence-electron chi connectivity index (χ4n) is 3.70. The van der Waals surface area contributed by atoms with E-state index in [0.717, 1.165) is 24.2 Å². The van der Waals surface area contributed by atoms with Crippen LogP contribution in [0, 0.1) is 11.3 Å². The van der Waals surface area contributed by atoms with E-state index in [-0.39, 0.29) is 5.91 Å². The first-order valence-corrected chi connectivity index (χ1v) is 10.1. The van der Waals surface area contributed by atoms with Crippen molar-refractivity contribution >= 4 is 23.4 Å². The van der Waals surface area contributed by atoms with E-state index in [9.17, 15) is 4.79 Å². The molecule has 0 unspecified atom stereocenters. The van der Waals surface area contributed by atoms with Crippen LogP contribution in [0.2, 0.25) is 0 Å². The molecule has 1 saturated heterocycles. The summed E-state index contributed by atoms with van der Waals surface area (Å²) in [5.74, 6) is 2.65. The first-order chi connectivity index (χ1) is 14.7. The standard InChI is InChI=1S/C23H20N6O/c24-13-15-7-8-25-20(10-15)28-21-12-18(16-3-4-16)11-19(27-21)17-5-6-22(26-14-17)29-9-1-2-23(29)30/h5-8,10-12,14,16H,1-4,9H2,(H,25,27,28). The summed E-state index contributed by atoms with van der Waals surface area (Å²) < 4.78 is 0. The number of hydrogen-bond donors (Lipinski definition) is 1. The van der Waals surface area contributed by atoms with Crippen molar-refractivity contribution in [2.24, 2.45) is 0 Å². The largest absolute Gasteiger partial charge is 0.325 e. The predicted octanol–water partition coefficient (Wildman–Crippen LogP) is 4.16. The summed E-state index contributed by atoms with van der Waals surface area (Å²) in [6.45, 7) is 0.726. The second kappa shape index (κ2) is 7.56. The van der Waals surface area contributed by atoms with Gasteiger partial charge in [0, 0.05) is 30.9 Å². The first-order valence-electron chi connectivity index (χ1n) is 10.1. The lowest BCUT2D eigenvalue weighted by Crippen LogP contribution is -2.24. The Morgan fingerprint density at radius 3 is 2.70 bits per heavy atom. The zero-order valence-electron chi connectivity index (χ0n) is 16.4. The maximum atomic E-state index is 12.0. The normalized spacial score (nSPS) is 15.8. The average Bonchev–Trinajstić information content (AvgIpc) is 3.55. The number of nitrogens with one attached hydrogen (secondary N) is 1. The Labute approximate surface area is 174 Å². The highest BCUT2D eigenvalue weighted by atomic mass is 16.2. The van der Waals surface area contributed by atoms with Gasteiger partial charge in [0.25, 0.3) is 0 Å². The lowest BCUT2D eigenvalue weighted by atomic mass is 10.1. The lowest BCUT2D eigenvalue weighted by Gasteiger charge is -2.15. The van der Waals surface area contributed by atoms with Crippen LogP contribution in [0.5, 0.6) is 0 Å². The fourth-order valence-corrected chi connectivity index (χ4v) is 3.70. The second-order valence-electron chi connectivity index (χ2n) is 7.67. The molecule has 0 atom stereocenters. The van der Waals surface area contributed by atoms with Crippen LogP contribution < -0.4 is 10.2 Å². The third-order valence-electron chi connectivity index (χ3n) is 5.44. The van der Waals surface area contributed by atoms with Gasteiger partial charge in [0.05, 0.1) is 17.3 Å². The second-order valence-corrected chi connectivity index (χ2v) is 7.67. The Hall–Kier alpha value is -3.79. The van der Waals surface area contributed by atoms with E-state index >= 15 is 0 Å². The number of pyridine rings is 3. The maximum absolute atomic E-state index is 12.0. The molecule has 0 bridgehead atoms. The predicted molar refractivity (Wildman–Crippen MR) is 113 cm³/mol. The number of nitrogens with zero attached hydrogens (tertiary/aromatic N) is 5. The molecule has 0 radical (unpaired) electrons. The molecule has 2 fully saturated rings. The van der Waals surface area contributed by atoms with Crippen LogP contribution in [0.4, 0.5) is 17.5 Å². The van der Waals surface area contributed by atoms with Crippen molar-refractivity contribution in [2.45, 2.75) is 31.6 Å². The van der Waals surface area contributed by atoms with Crippen molar-refractivity contribution in [3.8, 4) is 17.3 Å². The molecule has 4 heterocycles. The highest BCUT2D eigenvalue weighted by molar-refractivity contribution is 5.94. The Balaban J connectivity index is 1.46. The summed E-state index contributed by atoms with van der Waals surface area (Å²) in [4.78, 5) is 27.2. The number of aromatic nitrogens is 3. The molecule has 1 amide bonds. The smallest absolute Gasteiger partial charge is 0.228 e. The number of nitriles is 1. The van der Waals surface area contributed by atoms with Gasteiger partial charge in [-0.25, -0.2) is 15.0 Å². The van der Waals surface area contributed by atoms with Crippen LogP contribution >= 0.6 is 0 Å². The number of amides is 1. The molecular weight excluding hydrogens is 376 g/mol. The molecule has 1 aliphatic heterocycles. The van der Waals surface area contributed by atoms with Gasteiger partial charge in [-0.1, -0.05) is 0 Å². The first kappa shape index (κ1) is 18.3. The maximum Gasteiger partial charge on any atom is 0.228 e. The number of carbonyl (C=O) groups is 1. The van der Waals surface area contributed by atoms with E-state index in [4.69, 9.17) is 10.2 Å². The summed E-state index contributed by atoms with van der Waals surface area (Å²) in [6, 6.07) is 13.5. The summed E-state index contributed by atoms with van der Waals surface area (Å²) in [5.41, 5.74) is 3.50. The summed E-state index contributed by atoms with van der Waals surface area (Å²) in [7, 11) is 0. The van der Waals surface area contributed by atoms with Gasteiger partial charge in [-0.3, -0.25) is 9.69 Å². The van der Waals surface area contributed by atoms with Crippen molar-refractivity contribution in [3.63, 3.8) is 0 Å². The van der Waals surface area contributed by atoms with Crippen LogP contribution in [-0.2, 0) is 4.79 Å². The minimum absolute atomic E-state index is 0.127. The Morgan fingerprint density at radius 2 is 2.00 bits per heavy atom. The quantitative estimate of drug-likeness (QED) is 0.696. The number of carbonyl (C=O) groups excluding carboxylic acids is 1. The zero-order valence-corrected chi connectivity index (χ0v) is 16.4.